The fourth-order valence-corrected chi connectivity index (χ4v) is 7.15. The van der Waals surface area contributed by atoms with Gasteiger partial charge in [-0.1, -0.05) is 31.2 Å². The Hall–Kier alpha value is -3.95. The van der Waals surface area contributed by atoms with Gasteiger partial charge in [0.15, 0.2) is 11.6 Å². The number of nitrogens with zero attached hydrogens (tertiary/aromatic N) is 2. The molecule has 5 N–H and O–H groups in total. The summed E-state index contributed by atoms with van der Waals surface area (Å²) in [6, 6.07) is 10.7. The summed E-state index contributed by atoms with van der Waals surface area (Å²) in [5.74, 6) is -5.76. The number of primary amides is 1. The Bertz CT molecular complexity index is 1510. The molecule has 3 unspecified atom stereocenters. The number of likely N-dealkylation sites (N-methyl/N-ethyl adjacent to an activating group) is 1. The summed E-state index contributed by atoms with van der Waals surface area (Å²) in [5.41, 5.74) is 8.78. The maximum atomic E-state index is 13.9. The third-order valence-corrected chi connectivity index (χ3v) is 8.74. The van der Waals surface area contributed by atoms with Crippen LogP contribution in [0.3, 0.4) is 0 Å². The molecule has 3 aliphatic carbocycles. The third kappa shape index (κ3) is 4.73. The average molecular weight is 560 g/mol. The first kappa shape index (κ1) is 28.6. The van der Waals surface area contributed by atoms with Crippen molar-refractivity contribution in [2.75, 3.05) is 27.7 Å². The lowest BCUT2D eigenvalue weighted by atomic mass is 9.59. The fraction of sp³-hybridized carbons (Fsp3) is 0.406. The summed E-state index contributed by atoms with van der Waals surface area (Å²) in [4.78, 5) is 43.3. The normalized spacial score (nSPS) is 24.0. The standard InChI is InChI=1S/C32H37N3O6/c1-5-11-35(4)15-16-7-6-8-17(12-16)19-9-10-22(36)24-20(19)13-18-14-21-25(29(38)23(18)28(24)37)30(39)26(32(33)41)31(40)27(21)34(2)3/h6-10,12,18,21,25,27,36-37,40H,5,11,13-15H2,1-4H3,(H2,33,41)/t18?,21?,25?,27-/m0/s1. The number of ketones is 2. The highest BCUT2D eigenvalue weighted by molar-refractivity contribution is 6.28. The lowest BCUT2D eigenvalue weighted by molar-refractivity contribution is -0.136. The van der Waals surface area contributed by atoms with Gasteiger partial charge in [-0.05, 0) is 93.2 Å². The Morgan fingerprint density at radius 2 is 1.78 bits per heavy atom. The molecule has 3 aliphatic rings. The van der Waals surface area contributed by atoms with E-state index in [0.717, 1.165) is 41.8 Å². The number of hydrogen-bond donors (Lipinski definition) is 4. The number of carbonyl (C=O) groups is 3. The molecule has 0 spiro atoms. The van der Waals surface area contributed by atoms with E-state index in [9.17, 15) is 29.7 Å². The number of phenolic OH excluding ortho intramolecular Hbond substituents is 1. The number of aliphatic hydroxyl groups is 2. The van der Waals surface area contributed by atoms with Crippen molar-refractivity contribution in [1.29, 1.82) is 0 Å². The number of carbonyl (C=O) groups excluding carboxylic acids is 3. The molecule has 1 saturated carbocycles. The largest absolute Gasteiger partial charge is 0.510 e. The first-order valence-corrected chi connectivity index (χ1v) is 14.0. The van der Waals surface area contributed by atoms with Crippen LogP contribution in [-0.2, 0) is 27.3 Å². The van der Waals surface area contributed by atoms with Crippen molar-refractivity contribution in [1.82, 2.24) is 9.80 Å². The minimum Gasteiger partial charge on any atom is -0.510 e. The van der Waals surface area contributed by atoms with Gasteiger partial charge < -0.3 is 26.0 Å². The van der Waals surface area contributed by atoms with Crippen molar-refractivity contribution in [2.45, 2.75) is 38.8 Å². The number of amides is 1. The molecule has 9 nitrogen and oxygen atoms in total. The molecule has 0 bridgehead atoms. The van der Waals surface area contributed by atoms with E-state index >= 15 is 0 Å². The maximum absolute atomic E-state index is 13.9. The van der Waals surface area contributed by atoms with Gasteiger partial charge in [0.2, 0.25) is 0 Å². The number of aromatic hydroxyl groups is 1. The zero-order valence-electron chi connectivity index (χ0n) is 23.8. The van der Waals surface area contributed by atoms with E-state index in [0.29, 0.717) is 12.8 Å². The van der Waals surface area contributed by atoms with Gasteiger partial charge in [-0.15, -0.1) is 0 Å². The van der Waals surface area contributed by atoms with Crippen LogP contribution >= 0.6 is 0 Å². The Balaban J connectivity index is 1.61. The molecule has 9 heteroatoms. The first-order valence-electron chi connectivity index (χ1n) is 14.0. The van der Waals surface area contributed by atoms with Crippen molar-refractivity contribution in [3.05, 3.63) is 70.0 Å². The van der Waals surface area contributed by atoms with Crippen LogP contribution in [0.2, 0.25) is 0 Å². The monoisotopic (exact) mass is 559 g/mol. The number of phenols is 1. The summed E-state index contributed by atoms with van der Waals surface area (Å²) < 4.78 is 0. The van der Waals surface area contributed by atoms with Gasteiger partial charge in [0.25, 0.3) is 5.91 Å². The number of Topliss-reactive ketones (excluding diaryl/α,β-unsaturated/α-hetero) is 2. The third-order valence-electron chi connectivity index (χ3n) is 8.74. The number of rotatable bonds is 7. The van der Waals surface area contributed by atoms with E-state index in [1.807, 2.05) is 18.2 Å². The molecule has 0 aromatic heterocycles. The second-order valence-corrected chi connectivity index (χ2v) is 11.7. The van der Waals surface area contributed by atoms with Crippen LogP contribution in [0.5, 0.6) is 5.75 Å². The van der Waals surface area contributed by atoms with Crippen LogP contribution in [0.1, 0.15) is 36.5 Å². The Morgan fingerprint density at radius 1 is 1.05 bits per heavy atom. The summed E-state index contributed by atoms with van der Waals surface area (Å²) in [7, 11) is 5.49. The van der Waals surface area contributed by atoms with Crippen molar-refractivity contribution < 1.29 is 29.7 Å². The van der Waals surface area contributed by atoms with E-state index < -0.39 is 52.6 Å². The molecule has 5 rings (SSSR count). The predicted octanol–water partition coefficient (Wildman–Crippen LogP) is 3.36. The highest BCUT2D eigenvalue weighted by Gasteiger charge is 2.55. The zero-order valence-corrected chi connectivity index (χ0v) is 23.8. The van der Waals surface area contributed by atoms with Crippen LogP contribution in [0.15, 0.2) is 53.3 Å². The van der Waals surface area contributed by atoms with Gasteiger partial charge in [-0.25, -0.2) is 0 Å². The first-order chi connectivity index (χ1) is 19.5. The number of nitrogens with two attached hydrogens (primary N) is 1. The molecule has 0 heterocycles. The molecule has 4 atom stereocenters. The van der Waals surface area contributed by atoms with E-state index in [2.05, 4.69) is 31.0 Å². The van der Waals surface area contributed by atoms with Gasteiger partial charge >= 0.3 is 0 Å². The molecule has 216 valence electrons. The van der Waals surface area contributed by atoms with E-state index in [1.54, 1.807) is 19.0 Å². The second kappa shape index (κ2) is 10.8. The number of benzene rings is 2. The topological polar surface area (TPSA) is 144 Å². The molecule has 0 saturated heterocycles. The van der Waals surface area contributed by atoms with Crippen molar-refractivity contribution in [3.8, 4) is 16.9 Å². The minimum atomic E-state index is -1.27. The number of hydrogen-bond acceptors (Lipinski definition) is 8. The quantitative estimate of drug-likeness (QED) is 0.299. The summed E-state index contributed by atoms with van der Waals surface area (Å²) in [6.07, 6.45) is 1.72. The molecule has 1 fully saturated rings. The van der Waals surface area contributed by atoms with Gasteiger partial charge in [-0.2, -0.15) is 0 Å². The molecule has 0 radical (unpaired) electrons. The summed E-state index contributed by atoms with van der Waals surface area (Å²) >= 11 is 0. The average Bonchev–Trinajstić information content (AvgIpc) is 2.88. The predicted molar refractivity (Wildman–Crippen MR) is 155 cm³/mol. The molecule has 0 aliphatic heterocycles. The van der Waals surface area contributed by atoms with Crippen LogP contribution in [0.4, 0.5) is 0 Å². The molecular weight excluding hydrogens is 522 g/mol. The fourth-order valence-electron chi connectivity index (χ4n) is 7.15. The molecule has 2 aromatic carbocycles. The van der Waals surface area contributed by atoms with Crippen molar-refractivity contribution in [2.24, 2.45) is 23.5 Å². The smallest absolute Gasteiger partial charge is 0.255 e. The summed E-state index contributed by atoms with van der Waals surface area (Å²) in [5, 5.41) is 33.3. The Kier molecular flexibility index (Phi) is 7.52. The van der Waals surface area contributed by atoms with Crippen molar-refractivity contribution in [3.63, 3.8) is 0 Å². The lowest BCUT2D eigenvalue weighted by Crippen LogP contribution is -2.55. The van der Waals surface area contributed by atoms with Gasteiger partial charge in [0, 0.05) is 12.1 Å². The number of allylic oxidation sites excluding steroid dienone is 1. The van der Waals surface area contributed by atoms with Crippen LogP contribution < -0.4 is 5.73 Å². The minimum absolute atomic E-state index is 0.0807. The number of aliphatic hydroxyl groups excluding tert-OH is 2. The molecule has 2 aromatic rings. The molecule has 1 amide bonds. The van der Waals surface area contributed by atoms with Gasteiger partial charge in [0.05, 0.1) is 17.5 Å². The SMILES string of the molecule is CCCN(C)Cc1cccc(-c2ccc(O)c3c2CC2CC4C(C(=O)C(C(N)=O)=C(O)[C@H]4N(C)C)C(=O)C2=C3O)c1. The summed E-state index contributed by atoms with van der Waals surface area (Å²) in [6.45, 7) is 3.89. The van der Waals surface area contributed by atoms with Crippen LogP contribution in [-0.4, -0.2) is 76.3 Å². The molecular formula is C32H37N3O6. The zero-order chi connectivity index (χ0) is 29.7. The van der Waals surface area contributed by atoms with Gasteiger partial charge in [-0.3, -0.25) is 19.3 Å². The molecule has 41 heavy (non-hydrogen) atoms. The van der Waals surface area contributed by atoms with Gasteiger partial charge in [0.1, 0.15) is 22.8 Å². The van der Waals surface area contributed by atoms with E-state index in [-0.39, 0.29) is 22.6 Å². The maximum Gasteiger partial charge on any atom is 0.255 e. The highest BCUT2D eigenvalue weighted by Crippen LogP contribution is 2.51. The van der Waals surface area contributed by atoms with Crippen LogP contribution in [0, 0.1) is 17.8 Å². The highest BCUT2D eigenvalue weighted by atomic mass is 16.3. The lowest BCUT2D eigenvalue weighted by Gasteiger charge is -2.46. The van der Waals surface area contributed by atoms with E-state index in [1.165, 1.54) is 6.07 Å². The number of fused-ring (bicyclic) bond motifs is 3. The second-order valence-electron chi connectivity index (χ2n) is 11.7. The van der Waals surface area contributed by atoms with E-state index in [4.69, 9.17) is 5.73 Å². The van der Waals surface area contributed by atoms with Crippen molar-refractivity contribution >= 4 is 23.2 Å². The Morgan fingerprint density at radius 3 is 2.44 bits per heavy atom. The Labute approximate surface area is 239 Å². The van der Waals surface area contributed by atoms with Crippen LogP contribution in [0.25, 0.3) is 16.9 Å².